The minimum Gasteiger partial charge on any atom is -0.353 e. The van der Waals surface area contributed by atoms with Gasteiger partial charge >= 0.3 is 0 Å². The van der Waals surface area contributed by atoms with Crippen molar-refractivity contribution in [3.63, 3.8) is 0 Å². The molecule has 1 aliphatic rings. The van der Waals surface area contributed by atoms with E-state index in [1.54, 1.807) is 17.7 Å². The van der Waals surface area contributed by atoms with E-state index in [2.05, 4.69) is 68.6 Å². The predicted molar refractivity (Wildman–Crippen MR) is 120 cm³/mol. The molecule has 1 aromatic carbocycles. The summed E-state index contributed by atoms with van der Waals surface area (Å²) < 4.78 is 0. The zero-order chi connectivity index (χ0) is 20.2. The number of carbonyl (C=O) groups excluding carboxylic acids is 1. The highest BCUT2D eigenvalue weighted by Gasteiger charge is 2.22. The molecule has 4 rings (SSSR count). The second-order valence-corrected chi connectivity index (χ2v) is 8.20. The highest BCUT2D eigenvalue weighted by molar-refractivity contribution is 7.16. The van der Waals surface area contributed by atoms with E-state index in [9.17, 15) is 4.79 Å². The molecule has 6 nitrogen and oxygen atoms in total. The van der Waals surface area contributed by atoms with Gasteiger partial charge in [0.1, 0.15) is 17.0 Å². The zero-order valence-corrected chi connectivity index (χ0v) is 17.8. The van der Waals surface area contributed by atoms with Crippen molar-refractivity contribution in [3.8, 4) is 0 Å². The first-order valence-electron chi connectivity index (χ1n) is 10.3. The molecule has 0 aliphatic carbocycles. The third-order valence-corrected chi connectivity index (χ3v) is 6.36. The van der Waals surface area contributed by atoms with Crippen molar-refractivity contribution < 1.29 is 4.79 Å². The summed E-state index contributed by atoms with van der Waals surface area (Å²) in [5.41, 5.74) is 3.40. The molecule has 0 radical (unpaired) electrons. The van der Waals surface area contributed by atoms with E-state index in [1.807, 2.05) is 0 Å². The Hall–Kier alpha value is -2.51. The van der Waals surface area contributed by atoms with Crippen LogP contribution >= 0.6 is 11.3 Å². The van der Waals surface area contributed by atoms with Crippen LogP contribution in [0.2, 0.25) is 0 Å². The second-order valence-electron chi connectivity index (χ2n) is 7.31. The molecule has 1 N–H and O–H groups in total. The van der Waals surface area contributed by atoms with Crippen LogP contribution in [0.3, 0.4) is 0 Å². The SMILES string of the molecule is CCc1cccc(CC)c1NC(=O)CN1CCN(c2ncnc3sccc23)CC1. The number of anilines is 2. The summed E-state index contributed by atoms with van der Waals surface area (Å²) in [6.07, 6.45) is 3.47. The summed E-state index contributed by atoms with van der Waals surface area (Å²) in [6.45, 7) is 8.09. The average Bonchev–Trinajstić information content (AvgIpc) is 3.23. The van der Waals surface area contributed by atoms with Crippen LogP contribution < -0.4 is 10.2 Å². The maximum absolute atomic E-state index is 12.7. The Morgan fingerprint density at radius 3 is 2.48 bits per heavy atom. The van der Waals surface area contributed by atoms with Crippen LogP contribution in [-0.2, 0) is 17.6 Å². The topological polar surface area (TPSA) is 61.4 Å². The summed E-state index contributed by atoms with van der Waals surface area (Å²) in [6, 6.07) is 8.36. The first kappa shape index (κ1) is 19.8. The van der Waals surface area contributed by atoms with Crippen molar-refractivity contribution in [1.82, 2.24) is 14.9 Å². The average molecular weight is 410 g/mol. The molecule has 1 aliphatic heterocycles. The molecule has 3 heterocycles. The maximum atomic E-state index is 12.7. The number of hydrogen-bond acceptors (Lipinski definition) is 6. The number of carbonyl (C=O) groups is 1. The molecule has 1 saturated heterocycles. The minimum atomic E-state index is 0.0660. The van der Waals surface area contributed by atoms with E-state index >= 15 is 0 Å². The molecule has 0 unspecified atom stereocenters. The van der Waals surface area contributed by atoms with Gasteiger partial charge in [0.25, 0.3) is 0 Å². The Kier molecular flexibility index (Phi) is 6.06. The van der Waals surface area contributed by atoms with Gasteiger partial charge < -0.3 is 10.2 Å². The molecule has 29 heavy (non-hydrogen) atoms. The number of aromatic nitrogens is 2. The molecule has 1 fully saturated rings. The van der Waals surface area contributed by atoms with E-state index in [4.69, 9.17) is 0 Å². The van der Waals surface area contributed by atoms with E-state index in [1.165, 1.54) is 11.1 Å². The van der Waals surface area contributed by atoms with Crippen LogP contribution in [0.5, 0.6) is 0 Å². The van der Waals surface area contributed by atoms with Gasteiger partial charge in [-0.25, -0.2) is 9.97 Å². The minimum absolute atomic E-state index is 0.0660. The van der Waals surface area contributed by atoms with Gasteiger partial charge in [0.15, 0.2) is 0 Å². The molecular weight excluding hydrogens is 382 g/mol. The van der Waals surface area contributed by atoms with Gasteiger partial charge in [-0.3, -0.25) is 9.69 Å². The van der Waals surface area contributed by atoms with Gasteiger partial charge in [0.05, 0.1) is 11.9 Å². The molecule has 152 valence electrons. The smallest absolute Gasteiger partial charge is 0.238 e. The highest BCUT2D eigenvalue weighted by Crippen LogP contribution is 2.27. The number of para-hydroxylation sites is 1. The number of piperazine rings is 1. The van der Waals surface area contributed by atoms with Crippen molar-refractivity contribution in [2.75, 3.05) is 42.9 Å². The van der Waals surface area contributed by atoms with E-state index in [0.29, 0.717) is 6.54 Å². The molecule has 0 atom stereocenters. The number of hydrogen-bond donors (Lipinski definition) is 1. The molecule has 0 bridgehead atoms. The van der Waals surface area contributed by atoms with Crippen LogP contribution in [0.25, 0.3) is 10.2 Å². The normalized spacial score (nSPS) is 15.0. The predicted octanol–water partition coefficient (Wildman–Crippen LogP) is 3.58. The van der Waals surface area contributed by atoms with Crippen molar-refractivity contribution in [2.24, 2.45) is 0 Å². The van der Waals surface area contributed by atoms with Crippen molar-refractivity contribution in [3.05, 3.63) is 47.1 Å². The molecule has 7 heteroatoms. The van der Waals surface area contributed by atoms with Crippen LogP contribution in [-0.4, -0.2) is 53.5 Å². The molecule has 0 saturated carbocycles. The van der Waals surface area contributed by atoms with Crippen molar-refractivity contribution in [2.45, 2.75) is 26.7 Å². The number of benzene rings is 1. The van der Waals surface area contributed by atoms with Crippen molar-refractivity contribution in [1.29, 1.82) is 0 Å². The number of fused-ring (bicyclic) bond motifs is 1. The number of amides is 1. The Bertz CT molecular complexity index is 972. The third-order valence-electron chi connectivity index (χ3n) is 5.54. The van der Waals surface area contributed by atoms with Gasteiger partial charge in [-0.2, -0.15) is 0 Å². The summed E-state index contributed by atoms with van der Waals surface area (Å²) in [5.74, 6) is 1.07. The van der Waals surface area contributed by atoms with Crippen molar-refractivity contribution >= 4 is 39.0 Å². The Balaban J connectivity index is 1.37. The lowest BCUT2D eigenvalue weighted by atomic mass is 10.0. The summed E-state index contributed by atoms with van der Waals surface area (Å²) in [5, 5.41) is 6.35. The number of nitrogens with zero attached hydrogens (tertiary/aromatic N) is 4. The van der Waals surface area contributed by atoms with E-state index < -0.39 is 0 Å². The van der Waals surface area contributed by atoms with Crippen LogP contribution in [0.1, 0.15) is 25.0 Å². The second kappa shape index (κ2) is 8.88. The number of nitrogens with one attached hydrogen (secondary N) is 1. The lowest BCUT2D eigenvalue weighted by Gasteiger charge is -2.35. The Morgan fingerprint density at radius 2 is 1.79 bits per heavy atom. The van der Waals surface area contributed by atoms with Crippen LogP contribution in [0.4, 0.5) is 11.5 Å². The third kappa shape index (κ3) is 4.26. The zero-order valence-electron chi connectivity index (χ0n) is 17.0. The monoisotopic (exact) mass is 409 g/mol. The van der Waals surface area contributed by atoms with E-state index in [-0.39, 0.29) is 5.91 Å². The van der Waals surface area contributed by atoms with E-state index in [0.717, 1.165) is 60.7 Å². The lowest BCUT2D eigenvalue weighted by molar-refractivity contribution is -0.117. The summed E-state index contributed by atoms with van der Waals surface area (Å²) in [7, 11) is 0. The highest BCUT2D eigenvalue weighted by atomic mass is 32.1. The fraction of sp³-hybridized carbons (Fsp3) is 0.409. The first-order valence-corrected chi connectivity index (χ1v) is 11.1. The number of rotatable bonds is 6. The van der Waals surface area contributed by atoms with Crippen LogP contribution in [0.15, 0.2) is 36.0 Å². The molecule has 1 amide bonds. The molecular formula is C22H27N5OS. The molecule has 0 spiro atoms. The van der Waals surface area contributed by atoms with Gasteiger partial charge in [-0.15, -0.1) is 11.3 Å². The fourth-order valence-corrected chi connectivity index (χ4v) is 4.66. The number of thiophene rings is 1. The summed E-state index contributed by atoms with van der Waals surface area (Å²) in [4.78, 5) is 27.1. The Morgan fingerprint density at radius 1 is 1.07 bits per heavy atom. The Labute approximate surface area is 175 Å². The molecule has 3 aromatic rings. The maximum Gasteiger partial charge on any atom is 0.238 e. The summed E-state index contributed by atoms with van der Waals surface area (Å²) >= 11 is 1.64. The van der Waals surface area contributed by atoms with Gasteiger partial charge in [0.2, 0.25) is 5.91 Å². The first-order chi connectivity index (χ1) is 14.2. The fourth-order valence-electron chi connectivity index (χ4n) is 3.93. The standard InChI is InChI=1S/C22H27N5OS/c1-3-16-6-5-7-17(4-2)20(16)25-19(28)14-26-9-11-27(12-10-26)21-18-8-13-29-22(18)24-15-23-21/h5-8,13,15H,3-4,9-12,14H2,1-2H3,(H,25,28). The lowest BCUT2D eigenvalue weighted by Crippen LogP contribution is -2.49. The number of aryl methyl sites for hydroxylation is 2. The quantitative estimate of drug-likeness (QED) is 0.674. The largest absolute Gasteiger partial charge is 0.353 e. The molecule has 2 aromatic heterocycles. The van der Waals surface area contributed by atoms with Gasteiger partial charge in [0, 0.05) is 31.9 Å². The van der Waals surface area contributed by atoms with Gasteiger partial charge in [-0.1, -0.05) is 32.0 Å². The van der Waals surface area contributed by atoms with Crippen LogP contribution in [0, 0.1) is 0 Å². The van der Waals surface area contributed by atoms with Gasteiger partial charge in [-0.05, 0) is 35.4 Å².